The van der Waals surface area contributed by atoms with Gasteiger partial charge in [-0.2, -0.15) is 0 Å². The van der Waals surface area contributed by atoms with Gasteiger partial charge < -0.3 is 10.1 Å². The zero-order valence-electron chi connectivity index (χ0n) is 12.4. The highest BCUT2D eigenvalue weighted by Crippen LogP contribution is 2.14. The zero-order chi connectivity index (χ0) is 15.1. The van der Waals surface area contributed by atoms with Gasteiger partial charge in [0, 0.05) is 12.2 Å². The summed E-state index contributed by atoms with van der Waals surface area (Å²) in [6, 6.07) is 13.8. The lowest BCUT2D eigenvalue weighted by Gasteiger charge is -2.14. The molecule has 4 heteroatoms. The van der Waals surface area contributed by atoms with Gasteiger partial charge in [0.1, 0.15) is 5.56 Å². The first-order valence-electron chi connectivity index (χ1n) is 7.04. The molecule has 0 spiro atoms. The van der Waals surface area contributed by atoms with Crippen LogP contribution >= 0.6 is 0 Å². The molecule has 4 nitrogen and oxygen atoms in total. The Kier molecular flexibility index (Phi) is 5.32. The van der Waals surface area contributed by atoms with Gasteiger partial charge in [-0.15, -0.1) is 0 Å². The van der Waals surface area contributed by atoms with Crippen LogP contribution in [0.2, 0.25) is 0 Å². The summed E-state index contributed by atoms with van der Waals surface area (Å²) in [4.78, 5) is 16.3. The Balaban J connectivity index is 1.90. The van der Waals surface area contributed by atoms with Crippen LogP contribution in [0.3, 0.4) is 0 Å². The third-order valence-corrected chi connectivity index (χ3v) is 3.30. The first-order valence-corrected chi connectivity index (χ1v) is 7.04. The molecule has 2 rings (SSSR count). The standard InChI is InChI=1S/C17H20N2O2/c1-13(10-11-14-7-4-3-5-8-14)19-16(20)15-9-6-12-18-17(15)21-2/h3-9,12-13H,10-11H2,1-2H3,(H,19,20). The Morgan fingerprint density at radius 1 is 1.24 bits per heavy atom. The van der Waals surface area contributed by atoms with Crippen molar-refractivity contribution >= 4 is 5.91 Å². The van der Waals surface area contributed by atoms with Crippen molar-refractivity contribution in [3.8, 4) is 5.88 Å². The van der Waals surface area contributed by atoms with E-state index in [1.807, 2.05) is 25.1 Å². The molecule has 21 heavy (non-hydrogen) atoms. The molecule has 2 aromatic rings. The topological polar surface area (TPSA) is 51.2 Å². The van der Waals surface area contributed by atoms with Gasteiger partial charge in [-0.3, -0.25) is 4.79 Å². The van der Waals surface area contributed by atoms with Crippen LogP contribution in [0.1, 0.15) is 29.3 Å². The monoisotopic (exact) mass is 284 g/mol. The van der Waals surface area contributed by atoms with E-state index in [0.717, 1.165) is 12.8 Å². The Labute approximate surface area is 125 Å². The average molecular weight is 284 g/mol. The van der Waals surface area contributed by atoms with Gasteiger partial charge in [0.15, 0.2) is 0 Å². The van der Waals surface area contributed by atoms with Crippen LogP contribution in [0.15, 0.2) is 48.7 Å². The molecule has 1 heterocycles. The van der Waals surface area contributed by atoms with E-state index in [-0.39, 0.29) is 11.9 Å². The molecule has 0 aliphatic heterocycles. The third-order valence-electron chi connectivity index (χ3n) is 3.30. The lowest BCUT2D eigenvalue weighted by atomic mass is 10.1. The largest absolute Gasteiger partial charge is 0.480 e. The molecule has 1 N–H and O–H groups in total. The van der Waals surface area contributed by atoms with E-state index in [2.05, 4.69) is 22.4 Å². The van der Waals surface area contributed by atoms with Crippen LogP contribution < -0.4 is 10.1 Å². The smallest absolute Gasteiger partial charge is 0.256 e. The number of pyridine rings is 1. The molecule has 1 unspecified atom stereocenters. The van der Waals surface area contributed by atoms with Crippen molar-refractivity contribution in [1.29, 1.82) is 0 Å². The number of amides is 1. The first-order chi connectivity index (χ1) is 10.2. The van der Waals surface area contributed by atoms with Crippen molar-refractivity contribution in [2.75, 3.05) is 7.11 Å². The predicted molar refractivity (Wildman–Crippen MR) is 82.5 cm³/mol. The number of carbonyl (C=O) groups is 1. The number of aromatic nitrogens is 1. The molecule has 1 aromatic carbocycles. The van der Waals surface area contributed by atoms with Crippen molar-refractivity contribution in [3.63, 3.8) is 0 Å². The minimum Gasteiger partial charge on any atom is -0.480 e. The van der Waals surface area contributed by atoms with Crippen molar-refractivity contribution in [3.05, 3.63) is 59.8 Å². The van der Waals surface area contributed by atoms with Gasteiger partial charge in [0.2, 0.25) is 5.88 Å². The molecule has 1 atom stereocenters. The Hall–Kier alpha value is -2.36. The van der Waals surface area contributed by atoms with Crippen LogP contribution in [-0.4, -0.2) is 24.0 Å². The lowest BCUT2D eigenvalue weighted by Crippen LogP contribution is -2.33. The average Bonchev–Trinajstić information content (AvgIpc) is 2.53. The molecule has 0 saturated heterocycles. The number of rotatable bonds is 6. The second-order valence-electron chi connectivity index (χ2n) is 4.96. The quantitative estimate of drug-likeness (QED) is 0.887. The summed E-state index contributed by atoms with van der Waals surface area (Å²) in [6.07, 6.45) is 3.43. The Morgan fingerprint density at radius 3 is 2.71 bits per heavy atom. The van der Waals surface area contributed by atoms with Crippen LogP contribution in [-0.2, 0) is 6.42 Å². The van der Waals surface area contributed by atoms with Gasteiger partial charge in [0.05, 0.1) is 7.11 Å². The van der Waals surface area contributed by atoms with E-state index < -0.39 is 0 Å². The normalized spacial score (nSPS) is 11.7. The number of carbonyl (C=O) groups excluding carboxylic acids is 1. The molecule has 0 radical (unpaired) electrons. The van der Waals surface area contributed by atoms with E-state index >= 15 is 0 Å². The second kappa shape index (κ2) is 7.43. The van der Waals surface area contributed by atoms with E-state index in [0.29, 0.717) is 11.4 Å². The first kappa shape index (κ1) is 15.0. The maximum Gasteiger partial charge on any atom is 0.256 e. The molecule has 1 amide bonds. The molecule has 1 aromatic heterocycles. The molecular formula is C17H20N2O2. The number of hydrogen-bond acceptors (Lipinski definition) is 3. The molecule has 0 aliphatic carbocycles. The van der Waals surface area contributed by atoms with Gasteiger partial charge in [0.25, 0.3) is 5.91 Å². The summed E-state index contributed by atoms with van der Waals surface area (Å²) in [5.74, 6) is 0.200. The van der Waals surface area contributed by atoms with Crippen molar-refractivity contribution in [1.82, 2.24) is 10.3 Å². The maximum atomic E-state index is 12.2. The van der Waals surface area contributed by atoms with Gasteiger partial charge in [-0.25, -0.2) is 4.98 Å². The van der Waals surface area contributed by atoms with Crippen LogP contribution in [0.5, 0.6) is 5.88 Å². The van der Waals surface area contributed by atoms with Gasteiger partial charge in [-0.05, 0) is 37.5 Å². The Morgan fingerprint density at radius 2 is 2.00 bits per heavy atom. The predicted octanol–water partition coefficient (Wildman–Crippen LogP) is 2.84. The van der Waals surface area contributed by atoms with E-state index in [1.165, 1.54) is 12.7 Å². The zero-order valence-corrected chi connectivity index (χ0v) is 12.4. The SMILES string of the molecule is COc1ncccc1C(=O)NC(C)CCc1ccccc1. The molecule has 110 valence electrons. The second-order valence-corrected chi connectivity index (χ2v) is 4.96. The fourth-order valence-corrected chi connectivity index (χ4v) is 2.13. The molecule has 0 bridgehead atoms. The summed E-state index contributed by atoms with van der Waals surface area (Å²) in [7, 11) is 1.51. The summed E-state index contributed by atoms with van der Waals surface area (Å²) in [6.45, 7) is 2.00. The lowest BCUT2D eigenvalue weighted by molar-refractivity contribution is 0.0934. The minimum absolute atomic E-state index is 0.0858. The Bertz CT molecular complexity index is 584. The molecule has 0 aliphatic rings. The van der Waals surface area contributed by atoms with Gasteiger partial charge >= 0.3 is 0 Å². The van der Waals surface area contributed by atoms with Crippen molar-refractivity contribution in [2.45, 2.75) is 25.8 Å². The number of aryl methyl sites for hydroxylation is 1. The fraction of sp³-hybridized carbons (Fsp3) is 0.294. The highest BCUT2D eigenvalue weighted by atomic mass is 16.5. The van der Waals surface area contributed by atoms with Crippen LogP contribution in [0.4, 0.5) is 0 Å². The highest BCUT2D eigenvalue weighted by Gasteiger charge is 2.14. The van der Waals surface area contributed by atoms with Crippen molar-refractivity contribution in [2.24, 2.45) is 0 Å². The van der Waals surface area contributed by atoms with E-state index in [4.69, 9.17) is 4.74 Å². The maximum absolute atomic E-state index is 12.2. The number of benzene rings is 1. The number of nitrogens with one attached hydrogen (secondary N) is 1. The van der Waals surface area contributed by atoms with E-state index in [9.17, 15) is 4.79 Å². The third kappa shape index (κ3) is 4.31. The minimum atomic E-state index is -0.152. The molecule has 0 fully saturated rings. The summed E-state index contributed by atoms with van der Waals surface area (Å²) < 4.78 is 5.11. The highest BCUT2D eigenvalue weighted by molar-refractivity contribution is 5.96. The summed E-state index contributed by atoms with van der Waals surface area (Å²) >= 11 is 0. The molecular weight excluding hydrogens is 264 g/mol. The van der Waals surface area contributed by atoms with Crippen LogP contribution in [0, 0.1) is 0 Å². The number of methoxy groups -OCH3 is 1. The fourth-order valence-electron chi connectivity index (χ4n) is 2.13. The van der Waals surface area contributed by atoms with Crippen LogP contribution in [0.25, 0.3) is 0 Å². The number of nitrogens with zero attached hydrogens (tertiary/aromatic N) is 1. The number of ether oxygens (including phenoxy) is 1. The van der Waals surface area contributed by atoms with Crippen molar-refractivity contribution < 1.29 is 9.53 Å². The number of hydrogen-bond donors (Lipinski definition) is 1. The summed E-state index contributed by atoms with van der Waals surface area (Å²) in [5, 5.41) is 2.98. The van der Waals surface area contributed by atoms with E-state index in [1.54, 1.807) is 18.3 Å². The molecule has 0 saturated carbocycles. The summed E-state index contributed by atoms with van der Waals surface area (Å²) in [5.41, 5.74) is 1.74. The van der Waals surface area contributed by atoms with Gasteiger partial charge in [-0.1, -0.05) is 30.3 Å².